The second-order valence-corrected chi connectivity index (χ2v) is 6.90. The van der Waals surface area contributed by atoms with Gasteiger partial charge in [-0.15, -0.1) is 0 Å². The van der Waals surface area contributed by atoms with E-state index < -0.39 is 0 Å². The normalized spacial score (nSPS) is 11.0. The van der Waals surface area contributed by atoms with Crippen LogP contribution in [0.1, 0.15) is 15.9 Å². The van der Waals surface area contributed by atoms with Gasteiger partial charge in [0, 0.05) is 21.5 Å². The summed E-state index contributed by atoms with van der Waals surface area (Å²) in [6.45, 7) is 0. The third-order valence-electron chi connectivity index (χ3n) is 4.62. The van der Waals surface area contributed by atoms with Gasteiger partial charge in [-0.25, -0.2) is 10.4 Å². The SMILES string of the molecule is COc1ccccc1/C=N\NC(=O)c1cc(-c2ccccc2Cl)nc2ccccc12. The smallest absolute Gasteiger partial charge is 0.272 e. The molecule has 0 unspecified atom stereocenters. The average Bonchev–Trinajstić information content (AvgIpc) is 2.79. The van der Waals surface area contributed by atoms with Crippen molar-refractivity contribution in [1.29, 1.82) is 0 Å². The van der Waals surface area contributed by atoms with Gasteiger partial charge in [-0.2, -0.15) is 5.10 Å². The Labute approximate surface area is 179 Å². The molecule has 0 fully saturated rings. The Kier molecular flexibility index (Phi) is 5.72. The number of halogens is 1. The number of pyridine rings is 1. The first-order valence-corrected chi connectivity index (χ1v) is 9.66. The Morgan fingerprint density at radius 2 is 1.77 bits per heavy atom. The maximum atomic E-state index is 13.0. The fourth-order valence-electron chi connectivity index (χ4n) is 3.16. The topological polar surface area (TPSA) is 63.6 Å². The van der Waals surface area contributed by atoms with E-state index in [2.05, 4.69) is 15.5 Å². The molecule has 0 aliphatic rings. The summed E-state index contributed by atoms with van der Waals surface area (Å²) in [5.41, 5.74) is 5.91. The lowest BCUT2D eigenvalue weighted by atomic mass is 10.0. The summed E-state index contributed by atoms with van der Waals surface area (Å²) >= 11 is 6.35. The monoisotopic (exact) mass is 415 g/mol. The molecule has 0 spiro atoms. The highest BCUT2D eigenvalue weighted by Crippen LogP contribution is 2.29. The highest BCUT2D eigenvalue weighted by Gasteiger charge is 2.14. The predicted molar refractivity (Wildman–Crippen MR) is 120 cm³/mol. The Balaban J connectivity index is 1.70. The number of fused-ring (bicyclic) bond motifs is 1. The largest absolute Gasteiger partial charge is 0.496 e. The maximum Gasteiger partial charge on any atom is 0.272 e. The van der Waals surface area contributed by atoms with Crippen molar-refractivity contribution in [2.24, 2.45) is 5.10 Å². The van der Waals surface area contributed by atoms with Crippen molar-refractivity contribution >= 4 is 34.6 Å². The highest BCUT2D eigenvalue weighted by atomic mass is 35.5. The number of hydrogen-bond acceptors (Lipinski definition) is 4. The number of ether oxygens (including phenoxy) is 1. The number of hydrazone groups is 1. The predicted octanol–water partition coefficient (Wildman–Crippen LogP) is 5.33. The number of benzene rings is 3. The molecule has 1 amide bonds. The molecule has 3 aromatic carbocycles. The zero-order valence-corrected chi connectivity index (χ0v) is 16.9. The number of hydrogen-bond donors (Lipinski definition) is 1. The van der Waals surface area contributed by atoms with Gasteiger partial charge in [-0.3, -0.25) is 4.79 Å². The van der Waals surface area contributed by atoms with Gasteiger partial charge in [0.25, 0.3) is 5.91 Å². The quantitative estimate of drug-likeness (QED) is 0.354. The summed E-state index contributed by atoms with van der Waals surface area (Å²) < 4.78 is 5.30. The van der Waals surface area contributed by atoms with E-state index in [0.717, 1.165) is 16.5 Å². The summed E-state index contributed by atoms with van der Waals surface area (Å²) in [6, 6.07) is 24.0. The lowest BCUT2D eigenvalue weighted by Gasteiger charge is -2.10. The van der Waals surface area contributed by atoms with Crippen LogP contribution in [0.2, 0.25) is 5.02 Å². The van der Waals surface area contributed by atoms with Crippen LogP contribution in [0, 0.1) is 0 Å². The molecule has 4 aromatic rings. The van der Waals surface area contributed by atoms with Crippen LogP contribution < -0.4 is 10.2 Å². The zero-order valence-electron chi connectivity index (χ0n) is 16.2. The van der Waals surface area contributed by atoms with Crippen LogP contribution in [0.25, 0.3) is 22.2 Å². The van der Waals surface area contributed by atoms with Crippen molar-refractivity contribution < 1.29 is 9.53 Å². The first kappa shape index (κ1) is 19.6. The number of nitrogens with one attached hydrogen (secondary N) is 1. The molecule has 1 N–H and O–H groups in total. The Morgan fingerprint density at radius 1 is 1.03 bits per heavy atom. The average molecular weight is 416 g/mol. The van der Waals surface area contributed by atoms with Crippen molar-refractivity contribution in [2.45, 2.75) is 0 Å². The van der Waals surface area contributed by atoms with Gasteiger partial charge in [-0.05, 0) is 30.3 Å². The second-order valence-electron chi connectivity index (χ2n) is 6.49. The number of amides is 1. The van der Waals surface area contributed by atoms with Gasteiger partial charge in [0.1, 0.15) is 5.75 Å². The molecule has 0 aliphatic heterocycles. The Morgan fingerprint density at radius 3 is 2.60 bits per heavy atom. The molecular weight excluding hydrogens is 398 g/mol. The van der Waals surface area contributed by atoms with E-state index >= 15 is 0 Å². The number of aromatic nitrogens is 1. The van der Waals surface area contributed by atoms with E-state index in [1.165, 1.54) is 0 Å². The van der Waals surface area contributed by atoms with Crippen LogP contribution in [0.15, 0.2) is 84.0 Å². The molecule has 6 heteroatoms. The molecule has 5 nitrogen and oxygen atoms in total. The van der Waals surface area contributed by atoms with Crippen LogP contribution in [-0.4, -0.2) is 24.2 Å². The third kappa shape index (κ3) is 4.02. The standard InChI is InChI=1S/C24H18ClN3O2/c1-30-23-13-7-2-8-16(23)15-26-28-24(29)19-14-22(18-10-3-5-11-20(18)25)27-21-12-6-4-9-17(19)21/h2-15H,1H3,(H,28,29)/b26-15-. The van der Waals surface area contributed by atoms with Gasteiger partial charge >= 0.3 is 0 Å². The van der Waals surface area contributed by atoms with Gasteiger partial charge in [0.05, 0.1) is 30.1 Å². The van der Waals surface area contributed by atoms with Crippen molar-refractivity contribution in [3.8, 4) is 17.0 Å². The number of nitrogens with zero attached hydrogens (tertiary/aromatic N) is 2. The minimum atomic E-state index is -0.340. The number of carbonyl (C=O) groups excluding carboxylic acids is 1. The molecule has 0 radical (unpaired) electrons. The van der Waals surface area contributed by atoms with Crippen molar-refractivity contribution in [3.05, 3.63) is 95.0 Å². The fourth-order valence-corrected chi connectivity index (χ4v) is 3.40. The van der Waals surface area contributed by atoms with E-state index in [1.807, 2.05) is 66.7 Å². The zero-order chi connectivity index (χ0) is 20.9. The first-order chi connectivity index (χ1) is 14.7. The summed E-state index contributed by atoms with van der Waals surface area (Å²) in [5, 5.41) is 5.41. The molecule has 148 valence electrons. The van der Waals surface area contributed by atoms with E-state index in [1.54, 1.807) is 25.5 Å². The molecular formula is C24H18ClN3O2. The molecule has 1 aromatic heterocycles. The minimum Gasteiger partial charge on any atom is -0.496 e. The maximum absolute atomic E-state index is 13.0. The van der Waals surface area contributed by atoms with E-state index in [0.29, 0.717) is 27.5 Å². The van der Waals surface area contributed by atoms with Gasteiger partial charge in [0.2, 0.25) is 0 Å². The lowest BCUT2D eigenvalue weighted by Crippen LogP contribution is -2.18. The van der Waals surface area contributed by atoms with Crippen LogP contribution in [0.3, 0.4) is 0 Å². The van der Waals surface area contributed by atoms with E-state index in [4.69, 9.17) is 16.3 Å². The van der Waals surface area contributed by atoms with Gasteiger partial charge in [-0.1, -0.05) is 60.1 Å². The number of methoxy groups -OCH3 is 1. The van der Waals surface area contributed by atoms with Crippen LogP contribution in [0.5, 0.6) is 5.75 Å². The number of rotatable bonds is 5. The summed E-state index contributed by atoms with van der Waals surface area (Å²) in [5.74, 6) is 0.332. The molecule has 0 aliphatic carbocycles. The molecule has 0 saturated heterocycles. The van der Waals surface area contributed by atoms with E-state index in [9.17, 15) is 4.79 Å². The van der Waals surface area contributed by atoms with Crippen molar-refractivity contribution in [2.75, 3.05) is 7.11 Å². The summed E-state index contributed by atoms with van der Waals surface area (Å²) in [4.78, 5) is 17.6. The van der Waals surface area contributed by atoms with Crippen molar-refractivity contribution in [3.63, 3.8) is 0 Å². The van der Waals surface area contributed by atoms with Crippen LogP contribution >= 0.6 is 11.6 Å². The lowest BCUT2D eigenvalue weighted by molar-refractivity contribution is 0.0956. The second kappa shape index (κ2) is 8.76. The molecule has 0 saturated carbocycles. The molecule has 0 atom stereocenters. The fraction of sp³-hybridized carbons (Fsp3) is 0.0417. The van der Waals surface area contributed by atoms with Crippen LogP contribution in [0.4, 0.5) is 0 Å². The summed E-state index contributed by atoms with van der Waals surface area (Å²) in [7, 11) is 1.59. The van der Waals surface area contributed by atoms with Gasteiger partial charge < -0.3 is 4.74 Å². The van der Waals surface area contributed by atoms with Gasteiger partial charge in [0.15, 0.2) is 0 Å². The molecule has 4 rings (SSSR count). The highest BCUT2D eigenvalue weighted by molar-refractivity contribution is 6.33. The number of para-hydroxylation sites is 2. The van der Waals surface area contributed by atoms with E-state index in [-0.39, 0.29) is 5.91 Å². The number of carbonyl (C=O) groups is 1. The van der Waals surface area contributed by atoms with Crippen LogP contribution in [-0.2, 0) is 0 Å². The molecule has 30 heavy (non-hydrogen) atoms. The van der Waals surface area contributed by atoms with Crippen molar-refractivity contribution in [1.82, 2.24) is 10.4 Å². The Bertz CT molecular complexity index is 1250. The molecule has 0 bridgehead atoms. The molecule has 1 heterocycles. The Hall–Kier alpha value is -3.70. The first-order valence-electron chi connectivity index (χ1n) is 9.28. The minimum absolute atomic E-state index is 0.340. The third-order valence-corrected chi connectivity index (χ3v) is 4.95. The summed E-state index contributed by atoms with van der Waals surface area (Å²) in [6.07, 6.45) is 1.55.